The first kappa shape index (κ1) is 19.8. The second kappa shape index (κ2) is 8.56. The van der Waals surface area contributed by atoms with Gasteiger partial charge in [-0.05, 0) is 29.8 Å². The molecule has 1 N–H and O–H groups in total. The smallest absolute Gasteiger partial charge is 0.262 e. The first-order valence-electron chi connectivity index (χ1n) is 9.83. The Morgan fingerprint density at radius 2 is 1.72 bits per heavy atom. The topological polar surface area (TPSA) is 77.6 Å². The van der Waals surface area contributed by atoms with Crippen LogP contribution >= 0.6 is 11.3 Å². The quantitative estimate of drug-likeness (QED) is 0.418. The van der Waals surface area contributed by atoms with Crippen LogP contribution < -0.4 is 5.32 Å². The molecular formula is C23H17FN6OS. The summed E-state index contributed by atoms with van der Waals surface area (Å²) < 4.78 is 17.6. The Kier molecular flexibility index (Phi) is 5.30. The SMILES string of the molecule is O=C(Nc1nnc(Cc2ccccc2)s1)c1cnn(-c2ccccc2F)c1-n1cccc1. The van der Waals surface area contributed by atoms with E-state index in [1.165, 1.54) is 28.3 Å². The molecule has 0 aliphatic rings. The Morgan fingerprint density at radius 1 is 0.969 bits per heavy atom. The summed E-state index contributed by atoms with van der Waals surface area (Å²) >= 11 is 1.31. The molecular weight excluding hydrogens is 427 g/mol. The van der Waals surface area contributed by atoms with Gasteiger partial charge < -0.3 is 4.57 Å². The molecule has 2 aromatic carbocycles. The highest BCUT2D eigenvalue weighted by atomic mass is 32.1. The van der Waals surface area contributed by atoms with Crippen LogP contribution in [0.2, 0.25) is 0 Å². The third-order valence-electron chi connectivity index (χ3n) is 4.80. The van der Waals surface area contributed by atoms with E-state index in [1.807, 2.05) is 42.5 Å². The highest BCUT2D eigenvalue weighted by molar-refractivity contribution is 7.15. The van der Waals surface area contributed by atoms with Crippen LogP contribution in [0.5, 0.6) is 0 Å². The molecule has 0 atom stereocenters. The minimum absolute atomic E-state index is 0.247. The molecule has 0 radical (unpaired) electrons. The maximum absolute atomic E-state index is 14.4. The number of halogens is 1. The standard InChI is InChI=1S/C23H17FN6OS/c24-18-10-4-5-11-19(18)30-22(29-12-6-7-13-29)17(15-25-30)21(31)26-23-28-27-20(32-23)14-16-8-2-1-3-9-16/h1-13,15H,14H2,(H,26,28,31). The van der Waals surface area contributed by atoms with Gasteiger partial charge in [0.15, 0.2) is 5.82 Å². The number of amides is 1. The molecule has 32 heavy (non-hydrogen) atoms. The van der Waals surface area contributed by atoms with Crippen molar-refractivity contribution in [3.8, 4) is 11.5 Å². The van der Waals surface area contributed by atoms with E-state index in [0.29, 0.717) is 17.4 Å². The molecule has 0 aliphatic carbocycles. The molecule has 0 fully saturated rings. The van der Waals surface area contributed by atoms with E-state index in [-0.39, 0.29) is 11.3 Å². The summed E-state index contributed by atoms with van der Waals surface area (Å²) in [5, 5.41) is 16.5. The van der Waals surface area contributed by atoms with Crippen molar-refractivity contribution in [1.29, 1.82) is 0 Å². The van der Waals surface area contributed by atoms with Crippen molar-refractivity contribution in [2.45, 2.75) is 6.42 Å². The Hall–Kier alpha value is -4.11. The first-order chi connectivity index (χ1) is 15.7. The minimum atomic E-state index is -0.439. The summed E-state index contributed by atoms with van der Waals surface area (Å²) in [6, 6.07) is 19.8. The van der Waals surface area contributed by atoms with Crippen LogP contribution in [0.25, 0.3) is 11.5 Å². The third-order valence-corrected chi connectivity index (χ3v) is 5.64. The number of aromatic nitrogens is 5. The average Bonchev–Trinajstić information content (AvgIpc) is 3.55. The van der Waals surface area contributed by atoms with Gasteiger partial charge in [0.25, 0.3) is 5.91 Å². The van der Waals surface area contributed by atoms with Crippen LogP contribution in [0.4, 0.5) is 9.52 Å². The fourth-order valence-corrected chi connectivity index (χ4v) is 4.11. The van der Waals surface area contributed by atoms with Gasteiger partial charge >= 0.3 is 0 Å². The number of anilines is 1. The zero-order valence-electron chi connectivity index (χ0n) is 16.7. The Labute approximate surface area is 186 Å². The number of rotatable bonds is 6. The van der Waals surface area contributed by atoms with E-state index >= 15 is 0 Å². The fourth-order valence-electron chi connectivity index (χ4n) is 3.34. The number of hydrogen-bond acceptors (Lipinski definition) is 5. The largest absolute Gasteiger partial charge is 0.308 e. The summed E-state index contributed by atoms with van der Waals surface area (Å²) in [6.07, 6.45) is 5.60. The number of benzene rings is 2. The van der Waals surface area contributed by atoms with Crippen molar-refractivity contribution in [1.82, 2.24) is 24.5 Å². The zero-order chi connectivity index (χ0) is 21.9. The Bertz CT molecular complexity index is 1360. The lowest BCUT2D eigenvalue weighted by molar-refractivity contribution is 0.102. The van der Waals surface area contributed by atoms with Gasteiger partial charge in [0.05, 0.1) is 6.20 Å². The minimum Gasteiger partial charge on any atom is -0.308 e. The Balaban J connectivity index is 1.44. The summed E-state index contributed by atoms with van der Waals surface area (Å²) in [5.74, 6) is -0.420. The van der Waals surface area contributed by atoms with E-state index in [4.69, 9.17) is 0 Å². The number of carbonyl (C=O) groups excluding carboxylic acids is 1. The van der Waals surface area contributed by atoms with Gasteiger partial charge in [-0.1, -0.05) is 53.8 Å². The normalized spacial score (nSPS) is 10.9. The predicted molar refractivity (Wildman–Crippen MR) is 120 cm³/mol. The van der Waals surface area contributed by atoms with Crippen LogP contribution in [-0.2, 0) is 6.42 Å². The van der Waals surface area contributed by atoms with Gasteiger partial charge in [-0.25, -0.2) is 9.07 Å². The fraction of sp³-hybridized carbons (Fsp3) is 0.0435. The molecule has 3 heterocycles. The van der Waals surface area contributed by atoms with Crippen LogP contribution in [0.3, 0.4) is 0 Å². The van der Waals surface area contributed by atoms with Crippen LogP contribution in [0.15, 0.2) is 85.3 Å². The molecule has 0 aliphatic heterocycles. The lowest BCUT2D eigenvalue weighted by atomic mass is 10.2. The molecule has 0 unspecified atom stereocenters. The highest BCUT2D eigenvalue weighted by Gasteiger charge is 2.22. The van der Waals surface area contributed by atoms with Crippen molar-refractivity contribution in [3.63, 3.8) is 0 Å². The van der Waals surface area contributed by atoms with Gasteiger partial charge in [0.2, 0.25) is 5.13 Å². The first-order valence-corrected chi connectivity index (χ1v) is 10.6. The molecule has 3 aromatic heterocycles. The van der Waals surface area contributed by atoms with Crippen molar-refractivity contribution in [3.05, 3.63) is 107 Å². The van der Waals surface area contributed by atoms with Crippen molar-refractivity contribution in [2.24, 2.45) is 0 Å². The van der Waals surface area contributed by atoms with Gasteiger partial charge in [-0.15, -0.1) is 10.2 Å². The van der Waals surface area contributed by atoms with Gasteiger partial charge in [-0.2, -0.15) is 5.10 Å². The predicted octanol–water partition coefficient (Wildman–Crippen LogP) is 4.50. The third kappa shape index (κ3) is 3.93. The zero-order valence-corrected chi connectivity index (χ0v) is 17.5. The molecule has 9 heteroatoms. The van der Waals surface area contributed by atoms with E-state index in [9.17, 15) is 9.18 Å². The summed E-state index contributed by atoms with van der Waals surface area (Å²) in [5.41, 5.74) is 1.64. The summed E-state index contributed by atoms with van der Waals surface area (Å²) in [4.78, 5) is 13.1. The van der Waals surface area contributed by atoms with E-state index in [1.54, 1.807) is 35.2 Å². The number of nitrogens with one attached hydrogen (secondary N) is 1. The monoisotopic (exact) mass is 444 g/mol. The molecule has 5 rings (SSSR count). The number of para-hydroxylation sites is 1. The van der Waals surface area contributed by atoms with Gasteiger partial charge in [-0.3, -0.25) is 10.1 Å². The molecule has 0 saturated carbocycles. The lowest BCUT2D eigenvalue weighted by Gasteiger charge is -2.11. The lowest BCUT2D eigenvalue weighted by Crippen LogP contribution is -2.15. The summed E-state index contributed by atoms with van der Waals surface area (Å²) in [7, 11) is 0. The van der Waals surface area contributed by atoms with Gasteiger partial charge in [0, 0.05) is 18.8 Å². The van der Waals surface area contributed by atoms with Gasteiger partial charge in [0.1, 0.15) is 22.1 Å². The Morgan fingerprint density at radius 3 is 2.50 bits per heavy atom. The van der Waals surface area contributed by atoms with E-state index in [2.05, 4.69) is 20.6 Å². The second-order valence-electron chi connectivity index (χ2n) is 6.95. The van der Waals surface area contributed by atoms with Crippen molar-refractivity contribution >= 4 is 22.4 Å². The van der Waals surface area contributed by atoms with Crippen LogP contribution in [0.1, 0.15) is 20.9 Å². The molecule has 5 aromatic rings. The highest BCUT2D eigenvalue weighted by Crippen LogP contribution is 2.24. The van der Waals surface area contributed by atoms with Crippen molar-refractivity contribution < 1.29 is 9.18 Å². The van der Waals surface area contributed by atoms with Crippen LogP contribution in [0, 0.1) is 5.82 Å². The number of carbonyl (C=O) groups is 1. The molecule has 1 amide bonds. The second-order valence-corrected chi connectivity index (χ2v) is 8.01. The van der Waals surface area contributed by atoms with E-state index in [0.717, 1.165) is 10.6 Å². The van der Waals surface area contributed by atoms with Crippen LogP contribution in [-0.4, -0.2) is 30.5 Å². The molecule has 0 spiro atoms. The number of hydrogen-bond donors (Lipinski definition) is 1. The molecule has 0 saturated heterocycles. The molecule has 7 nitrogen and oxygen atoms in total. The summed E-state index contributed by atoms with van der Waals surface area (Å²) in [6.45, 7) is 0. The van der Waals surface area contributed by atoms with E-state index < -0.39 is 11.7 Å². The maximum Gasteiger partial charge on any atom is 0.262 e. The molecule has 0 bridgehead atoms. The van der Waals surface area contributed by atoms with Crippen molar-refractivity contribution in [2.75, 3.05) is 5.32 Å². The molecule has 158 valence electrons. The number of nitrogens with zero attached hydrogens (tertiary/aromatic N) is 5. The maximum atomic E-state index is 14.4. The average molecular weight is 444 g/mol.